The predicted molar refractivity (Wildman–Crippen MR) is 133 cm³/mol. The molecule has 3 amide bonds. The number of carbonyl (C=O) groups is 4. The first-order valence-electron chi connectivity index (χ1n) is 10.5. The number of nitrogens with two attached hydrogens (primary N) is 3. The highest BCUT2D eigenvalue weighted by atomic mass is 32.2. The minimum absolute atomic E-state index is 0.101. The van der Waals surface area contributed by atoms with Crippen LogP contribution in [0.5, 0.6) is 0 Å². The molecule has 4 unspecified atom stereocenters. The van der Waals surface area contributed by atoms with E-state index in [-0.39, 0.29) is 30.6 Å². The van der Waals surface area contributed by atoms with Gasteiger partial charge < -0.3 is 38.3 Å². The maximum Gasteiger partial charge on any atom is 0.326 e. The largest absolute Gasteiger partial charge is 0.480 e. The highest BCUT2D eigenvalue weighted by Gasteiger charge is 2.30. The quantitative estimate of drug-likeness (QED) is 0.0513. The molecule has 33 heavy (non-hydrogen) atoms. The van der Waals surface area contributed by atoms with E-state index in [1.807, 2.05) is 6.26 Å². The Bertz CT molecular complexity index is 689. The third-order valence-electron chi connectivity index (χ3n) is 4.59. The number of carboxylic acid groups (broad SMARTS) is 1. The summed E-state index contributed by atoms with van der Waals surface area (Å²) in [5, 5.41) is 17.0. The molecule has 0 fully saturated rings. The summed E-state index contributed by atoms with van der Waals surface area (Å²) in [6.45, 7) is 3.53. The Labute approximate surface area is 204 Å². The van der Waals surface area contributed by atoms with E-state index < -0.39 is 47.9 Å². The standard InChI is InChI=1S/C19H37N7O5S2/c1-10(2)14(18(30)31)26-17(29)12(5-4-7-23-19(21)22)25-16(28)13(6-8-33-3)24-15(27)11(20)9-32/h10-14,32H,4-9,20H2,1-3H3,(H,24,27)(H,25,28)(H,26,29)(H,30,31)(H4,21,22,23). The molecule has 0 saturated carbocycles. The van der Waals surface area contributed by atoms with E-state index in [1.54, 1.807) is 13.8 Å². The molecule has 0 bridgehead atoms. The van der Waals surface area contributed by atoms with Crippen LogP contribution >= 0.6 is 24.4 Å². The van der Waals surface area contributed by atoms with E-state index in [2.05, 4.69) is 33.6 Å². The lowest BCUT2D eigenvalue weighted by atomic mass is 10.0. The lowest BCUT2D eigenvalue weighted by Gasteiger charge is -2.26. The fraction of sp³-hybridized carbons (Fsp3) is 0.737. The minimum Gasteiger partial charge on any atom is -0.480 e. The third-order valence-corrected chi connectivity index (χ3v) is 5.62. The van der Waals surface area contributed by atoms with Crippen molar-refractivity contribution >= 4 is 54.0 Å². The summed E-state index contributed by atoms with van der Waals surface area (Å²) in [6.07, 6.45) is 2.67. The molecule has 0 aromatic rings. The van der Waals surface area contributed by atoms with Gasteiger partial charge in [-0.15, -0.1) is 0 Å². The number of aliphatic carboxylic acids is 1. The second kappa shape index (κ2) is 16.4. The lowest BCUT2D eigenvalue weighted by Crippen LogP contribution is -2.57. The van der Waals surface area contributed by atoms with Gasteiger partial charge in [0.2, 0.25) is 17.7 Å². The van der Waals surface area contributed by atoms with Crippen LogP contribution in [0.4, 0.5) is 0 Å². The smallest absolute Gasteiger partial charge is 0.326 e. The van der Waals surface area contributed by atoms with Crippen molar-refractivity contribution in [1.29, 1.82) is 0 Å². The van der Waals surface area contributed by atoms with Gasteiger partial charge in [-0.25, -0.2) is 4.79 Å². The molecule has 4 atom stereocenters. The van der Waals surface area contributed by atoms with Crippen molar-refractivity contribution in [3.8, 4) is 0 Å². The number of aliphatic imine (C=N–C) groups is 1. The molecule has 0 aromatic heterocycles. The van der Waals surface area contributed by atoms with E-state index in [9.17, 15) is 24.3 Å². The van der Waals surface area contributed by atoms with Crippen LogP contribution in [-0.2, 0) is 19.2 Å². The fourth-order valence-corrected chi connectivity index (χ4v) is 3.32. The highest BCUT2D eigenvalue weighted by molar-refractivity contribution is 7.98. The summed E-state index contributed by atoms with van der Waals surface area (Å²) in [5.74, 6) is -2.76. The van der Waals surface area contributed by atoms with Gasteiger partial charge in [0.05, 0.1) is 6.04 Å². The van der Waals surface area contributed by atoms with Crippen LogP contribution in [0.3, 0.4) is 0 Å². The van der Waals surface area contributed by atoms with Crippen LogP contribution in [0.25, 0.3) is 0 Å². The van der Waals surface area contributed by atoms with E-state index in [4.69, 9.17) is 17.2 Å². The van der Waals surface area contributed by atoms with E-state index in [0.29, 0.717) is 18.6 Å². The molecule has 0 aromatic carbocycles. The summed E-state index contributed by atoms with van der Waals surface area (Å²) in [5.41, 5.74) is 16.3. The van der Waals surface area contributed by atoms with Crippen molar-refractivity contribution in [3.63, 3.8) is 0 Å². The Kier molecular flexibility index (Phi) is 15.3. The second-order valence-corrected chi connectivity index (χ2v) is 9.06. The summed E-state index contributed by atoms with van der Waals surface area (Å²) in [4.78, 5) is 53.3. The van der Waals surface area contributed by atoms with Gasteiger partial charge in [0.15, 0.2) is 5.96 Å². The van der Waals surface area contributed by atoms with E-state index >= 15 is 0 Å². The van der Waals surface area contributed by atoms with E-state index in [1.165, 1.54) is 11.8 Å². The SMILES string of the molecule is CSCCC(NC(=O)C(N)CS)C(=O)NC(CCCN=C(N)N)C(=O)NC(C(=O)O)C(C)C. The van der Waals surface area contributed by atoms with Gasteiger partial charge in [0, 0.05) is 12.3 Å². The van der Waals surface area contributed by atoms with E-state index in [0.717, 1.165) is 0 Å². The van der Waals surface area contributed by atoms with Crippen LogP contribution in [0.1, 0.15) is 33.1 Å². The average Bonchev–Trinajstić information content (AvgIpc) is 2.74. The maximum absolute atomic E-state index is 12.9. The summed E-state index contributed by atoms with van der Waals surface area (Å²) in [6, 6.07) is -4.00. The molecule has 0 rings (SSSR count). The summed E-state index contributed by atoms with van der Waals surface area (Å²) in [7, 11) is 0. The molecular formula is C19H37N7O5S2. The lowest BCUT2D eigenvalue weighted by molar-refractivity contribution is -0.143. The number of carbonyl (C=O) groups excluding carboxylic acids is 3. The maximum atomic E-state index is 12.9. The molecule has 0 radical (unpaired) electrons. The van der Waals surface area contributed by atoms with Gasteiger partial charge in [-0.3, -0.25) is 19.4 Å². The Morgan fingerprint density at radius 1 is 1.00 bits per heavy atom. The molecule has 0 heterocycles. The van der Waals surface area contributed by atoms with Gasteiger partial charge in [-0.05, 0) is 37.2 Å². The van der Waals surface area contributed by atoms with Crippen molar-refractivity contribution in [2.45, 2.75) is 57.3 Å². The van der Waals surface area contributed by atoms with Crippen molar-refractivity contribution in [2.24, 2.45) is 28.1 Å². The predicted octanol–water partition coefficient (Wildman–Crippen LogP) is -1.75. The van der Waals surface area contributed by atoms with Crippen LogP contribution in [-0.4, -0.2) is 83.2 Å². The van der Waals surface area contributed by atoms with Gasteiger partial charge in [-0.2, -0.15) is 24.4 Å². The minimum atomic E-state index is -1.19. The number of rotatable bonds is 16. The summed E-state index contributed by atoms with van der Waals surface area (Å²) >= 11 is 5.48. The molecule has 0 spiro atoms. The van der Waals surface area contributed by atoms with Gasteiger partial charge >= 0.3 is 5.97 Å². The number of guanidine groups is 1. The number of amides is 3. The van der Waals surface area contributed by atoms with Crippen molar-refractivity contribution < 1.29 is 24.3 Å². The zero-order valence-corrected chi connectivity index (χ0v) is 21.0. The molecule has 10 N–H and O–H groups in total. The average molecular weight is 508 g/mol. The molecule has 14 heteroatoms. The first-order chi connectivity index (χ1) is 15.4. The zero-order valence-electron chi connectivity index (χ0n) is 19.2. The Morgan fingerprint density at radius 3 is 2.03 bits per heavy atom. The number of carboxylic acids is 1. The molecule has 0 saturated heterocycles. The van der Waals surface area contributed by atoms with Gasteiger partial charge in [0.1, 0.15) is 18.1 Å². The van der Waals surface area contributed by atoms with Crippen molar-refractivity contribution in [3.05, 3.63) is 0 Å². The Hall–Kier alpha value is -2.19. The number of hydrogen-bond donors (Lipinski definition) is 8. The summed E-state index contributed by atoms with van der Waals surface area (Å²) < 4.78 is 0. The van der Waals surface area contributed by atoms with Crippen molar-refractivity contribution in [2.75, 3.05) is 24.3 Å². The molecule has 190 valence electrons. The highest BCUT2D eigenvalue weighted by Crippen LogP contribution is 2.07. The van der Waals surface area contributed by atoms with Crippen LogP contribution in [0, 0.1) is 5.92 Å². The number of thiol groups is 1. The second-order valence-electron chi connectivity index (χ2n) is 7.71. The molecular weight excluding hydrogens is 470 g/mol. The topological polar surface area (TPSA) is 215 Å². The Morgan fingerprint density at radius 2 is 1.55 bits per heavy atom. The number of hydrogen-bond acceptors (Lipinski definition) is 8. The first kappa shape index (κ1) is 30.8. The van der Waals surface area contributed by atoms with Crippen LogP contribution in [0.15, 0.2) is 4.99 Å². The normalized spacial score (nSPS) is 14.5. The van der Waals surface area contributed by atoms with Crippen molar-refractivity contribution in [1.82, 2.24) is 16.0 Å². The number of thioether (sulfide) groups is 1. The number of nitrogens with one attached hydrogen (secondary N) is 3. The number of nitrogens with zero attached hydrogens (tertiary/aromatic N) is 1. The molecule has 0 aliphatic carbocycles. The van der Waals surface area contributed by atoms with Crippen LogP contribution < -0.4 is 33.2 Å². The third kappa shape index (κ3) is 12.6. The van der Waals surface area contributed by atoms with Gasteiger partial charge in [-0.1, -0.05) is 13.8 Å². The van der Waals surface area contributed by atoms with Crippen LogP contribution in [0.2, 0.25) is 0 Å². The molecule has 0 aliphatic heterocycles. The zero-order chi connectivity index (χ0) is 25.6. The molecule has 12 nitrogen and oxygen atoms in total. The fourth-order valence-electron chi connectivity index (χ4n) is 2.68. The van der Waals surface area contributed by atoms with Gasteiger partial charge in [0.25, 0.3) is 0 Å². The Balaban J connectivity index is 5.52. The monoisotopic (exact) mass is 507 g/mol. The first-order valence-corrected chi connectivity index (χ1v) is 12.5. The molecule has 0 aliphatic rings.